The molecular formula is C27H31N5O6. The van der Waals surface area contributed by atoms with Crippen LogP contribution in [0.5, 0.6) is 0 Å². The highest BCUT2D eigenvalue weighted by molar-refractivity contribution is 6.36. The molecule has 4 N–H and O–H groups in total. The first-order chi connectivity index (χ1) is 18.2. The molecule has 2 aromatic rings. The number of anilines is 1. The van der Waals surface area contributed by atoms with E-state index < -0.39 is 16.7 Å². The fourth-order valence-electron chi connectivity index (χ4n) is 3.97. The van der Waals surface area contributed by atoms with Crippen molar-refractivity contribution in [2.24, 2.45) is 0 Å². The lowest BCUT2D eigenvalue weighted by atomic mass is 10.0. The average molecular weight is 522 g/mol. The van der Waals surface area contributed by atoms with E-state index in [-0.39, 0.29) is 34.3 Å². The van der Waals surface area contributed by atoms with E-state index in [4.69, 9.17) is 0 Å². The molecule has 0 atom stereocenters. The molecular weight excluding hydrogens is 490 g/mol. The minimum Gasteiger partial charge on any atom is -0.356 e. The maximum Gasteiger partial charge on any atom is 0.275 e. The Morgan fingerprint density at radius 2 is 1.61 bits per heavy atom. The molecule has 3 rings (SSSR count). The van der Waals surface area contributed by atoms with Crippen molar-refractivity contribution in [2.45, 2.75) is 45.4 Å². The molecule has 4 amide bonds. The van der Waals surface area contributed by atoms with Crippen molar-refractivity contribution in [1.82, 2.24) is 16.0 Å². The molecule has 0 saturated carbocycles. The van der Waals surface area contributed by atoms with E-state index in [2.05, 4.69) is 21.3 Å². The summed E-state index contributed by atoms with van der Waals surface area (Å²) in [5.41, 5.74) is 1.61. The van der Waals surface area contributed by atoms with Crippen molar-refractivity contribution in [3.8, 4) is 0 Å². The summed E-state index contributed by atoms with van der Waals surface area (Å²) in [6, 6.07) is 12.7. The summed E-state index contributed by atoms with van der Waals surface area (Å²) >= 11 is 0. The number of amides is 4. The molecule has 11 nitrogen and oxygen atoms in total. The number of nitrogens with one attached hydrogen (secondary N) is 4. The van der Waals surface area contributed by atoms with Gasteiger partial charge in [-0.15, -0.1) is 0 Å². The van der Waals surface area contributed by atoms with E-state index in [1.807, 2.05) is 12.1 Å². The number of aryl methyl sites for hydroxylation is 1. The number of hydrogen-bond acceptors (Lipinski definition) is 7. The maximum atomic E-state index is 12.4. The number of nitrogens with zero attached hydrogens (tertiary/aromatic N) is 1. The third-order valence-corrected chi connectivity index (χ3v) is 5.94. The van der Waals surface area contributed by atoms with Gasteiger partial charge in [-0.25, -0.2) is 0 Å². The molecule has 200 valence electrons. The molecule has 0 fully saturated rings. The molecule has 1 heterocycles. The minimum atomic E-state index is -0.634. The van der Waals surface area contributed by atoms with Gasteiger partial charge in [0, 0.05) is 44.3 Å². The van der Waals surface area contributed by atoms with Crippen LogP contribution in [-0.2, 0) is 25.6 Å². The van der Waals surface area contributed by atoms with Gasteiger partial charge in [0.25, 0.3) is 17.5 Å². The van der Waals surface area contributed by atoms with E-state index in [1.54, 1.807) is 12.1 Å². The Hall–Kier alpha value is -4.54. The van der Waals surface area contributed by atoms with Crippen LogP contribution in [0.4, 0.5) is 11.4 Å². The third-order valence-electron chi connectivity index (χ3n) is 5.94. The summed E-state index contributed by atoms with van der Waals surface area (Å²) in [7, 11) is 0. The molecule has 38 heavy (non-hydrogen) atoms. The number of imide groups is 1. The van der Waals surface area contributed by atoms with Crippen molar-refractivity contribution in [2.75, 3.05) is 18.4 Å². The second-order valence-corrected chi connectivity index (χ2v) is 8.91. The highest BCUT2D eigenvalue weighted by Crippen LogP contribution is 2.28. The Morgan fingerprint density at radius 3 is 2.26 bits per heavy atom. The summed E-state index contributed by atoms with van der Waals surface area (Å²) in [5.74, 6) is -1.31. The van der Waals surface area contributed by atoms with Gasteiger partial charge < -0.3 is 16.0 Å². The number of benzene rings is 2. The van der Waals surface area contributed by atoms with E-state index in [0.717, 1.165) is 31.2 Å². The number of carbonyl (C=O) groups is 4. The Kier molecular flexibility index (Phi) is 10.1. The first kappa shape index (κ1) is 28.0. The summed E-state index contributed by atoms with van der Waals surface area (Å²) in [6.07, 6.45) is 4.67. The first-order valence-corrected chi connectivity index (χ1v) is 12.5. The van der Waals surface area contributed by atoms with Gasteiger partial charge in [-0.3, -0.25) is 34.6 Å². The van der Waals surface area contributed by atoms with E-state index in [0.29, 0.717) is 31.6 Å². The Balaban J connectivity index is 1.49. The molecule has 1 aliphatic rings. The van der Waals surface area contributed by atoms with Crippen LogP contribution in [0.2, 0.25) is 0 Å². The predicted molar refractivity (Wildman–Crippen MR) is 142 cm³/mol. The molecule has 0 saturated heterocycles. The number of nitro benzene ring substituents is 1. The summed E-state index contributed by atoms with van der Waals surface area (Å²) in [5, 5.41) is 22.0. The SMILES string of the molecule is CC(=O)NCCCCCCNC(=O)CCc1ccc(NC2=C(c3cccc([N+](=O)[O-])c3)C(=O)NC2=O)cc1. The highest BCUT2D eigenvalue weighted by atomic mass is 16.6. The Morgan fingerprint density at radius 1 is 0.921 bits per heavy atom. The summed E-state index contributed by atoms with van der Waals surface area (Å²) < 4.78 is 0. The molecule has 0 aliphatic carbocycles. The number of hydrogen-bond donors (Lipinski definition) is 4. The summed E-state index contributed by atoms with van der Waals surface area (Å²) in [4.78, 5) is 58.3. The van der Waals surface area contributed by atoms with Crippen LogP contribution in [0.3, 0.4) is 0 Å². The topological polar surface area (TPSA) is 160 Å². The van der Waals surface area contributed by atoms with Crippen LogP contribution in [-0.4, -0.2) is 41.6 Å². The van der Waals surface area contributed by atoms with E-state index in [9.17, 15) is 29.3 Å². The van der Waals surface area contributed by atoms with Crippen molar-refractivity contribution >= 4 is 40.6 Å². The minimum absolute atomic E-state index is 0.0118. The van der Waals surface area contributed by atoms with Crippen molar-refractivity contribution in [1.29, 1.82) is 0 Å². The van der Waals surface area contributed by atoms with E-state index >= 15 is 0 Å². The van der Waals surface area contributed by atoms with Crippen LogP contribution < -0.4 is 21.3 Å². The average Bonchev–Trinajstić information content (AvgIpc) is 3.17. The quantitative estimate of drug-likeness (QED) is 0.129. The van der Waals surface area contributed by atoms with Crippen molar-refractivity contribution < 1.29 is 24.1 Å². The Bertz CT molecular complexity index is 1240. The van der Waals surface area contributed by atoms with Gasteiger partial charge in [-0.2, -0.15) is 0 Å². The summed E-state index contributed by atoms with van der Waals surface area (Å²) in [6.45, 7) is 2.79. The van der Waals surface area contributed by atoms with Crippen molar-refractivity contribution in [3.63, 3.8) is 0 Å². The van der Waals surface area contributed by atoms with Crippen LogP contribution in [0, 0.1) is 10.1 Å². The monoisotopic (exact) mass is 521 g/mol. The smallest absolute Gasteiger partial charge is 0.275 e. The first-order valence-electron chi connectivity index (χ1n) is 12.5. The zero-order chi connectivity index (χ0) is 27.5. The van der Waals surface area contributed by atoms with Gasteiger partial charge in [0.15, 0.2) is 0 Å². The van der Waals surface area contributed by atoms with Crippen LogP contribution in [0.15, 0.2) is 54.2 Å². The molecule has 0 spiro atoms. The molecule has 0 bridgehead atoms. The molecule has 11 heteroatoms. The number of rotatable bonds is 14. The third kappa shape index (κ3) is 8.26. The lowest BCUT2D eigenvalue weighted by Gasteiger charge is -2.09. The van der Waals surface area contributed by atoms with Crippen molar-refractivity contribution in [3.05, 3.63) is 75.5 Å². The normalized spacial score (nSPS) is 12.8. The predicted octanol–water partition coefficient (Wildman–Crippen LogP) is 2.82. The van der Waals surface area contributed by atoms with E-state index in [1.165, 1.54) is 31.2 Å². The van der Waals surface area contributed by atoms with Gasteiger partial charge in [0.1, 0.15) is 5.70 Å². The number of non-ortho nitro benzene ring substituents is 1. The number of unbranched alkanes of at least 4 members (excludes halogenated alkanes) is 3. The lowest BCUT2D eigenvalue weighted by molar-refractivity contribution is -0.384. The lowest BCUT2D eigenvalue weighted by Crippen LogP contribution is -2.24. The fourth-order valence-corrected chi connectivity index (χ4v) is 3.97. The van der Waals surface area contributed by atoms with Gasteiger partial charge in [-0.05, 0) is 42.5 Å². The molecule has 1 aliphatic heterocycles. The number of carbonyl (C=O) groups excluding carboxylic acids is 4. The zero-order valence-electron chi connectivity index (χ0n) is 21.2. The second kappa shape index (κ2) is 13.7. The van der Waals surface area contributed by atoms with Gasteiger partial charge >= 0.3 is 0 Å². The highest BCUT2D eigenvalue weighted by Gasteiger charge is 2.32. The maximum absolute atomic E-state index is 12.4. The van der Waals surface area contributed by atoms with Gasteiger partial charge in [-0.1, -0.05) is 37.1 Å². The molecule has 0 unspecified atom stereocenters. The van der Waals surface area contributed by atoms with Crippen LogP contribution in [0.25, 0.3) is 5.57 Å². The fraction of sp³-hybridized carbons (Fsp3) is 0.333. The standard InChI is InChI=1S/C27H31N5O6/c1-18(33)28-15-4-2-3-5-16-29-23(34)14-11-19-9-12-21(13-10-19)30-25-24(26(35)31-27(25)36)20-7-6-8-22(17-20)32(37)38/h6-10,12-13,17H,2-5,11,14-16H2,1H3,(H,28,33)(H,29,34)(H2,30,31,35,36). The molecule has 0 radical (unpaired) electrons. The van der Waals surface area contributed by atoms with Gasteiger partial charge in [0.2, 0.25) is 11.8 Å². The number of nitro groups is 1. The molecule has 2 aromatic carbocycles. The Labute approximate surface area is 220 Å². The zero-order valence-corrected chi connectivity index (χ0v) is 21.2. The second-order valence-electron chi connectivity index (χ2n) is 8.91. The molecule has 0 aromatic heterocycles. The van der Waals surface area contributed by atoms with Crippen LogP contribution in [0.1, 0.15) is 50.2 Å². The largest absolute Gasteiger partial charge is 0.356 e. The van der Waals surface area contributed by atoms with Gasteiger partial charge in [0.05, 0.1) is 10.5 Å². The van der Waals surface area contributed by atoms with Crippen LogP contribution >= 0.6 is 0 Å².